The van der Waals surface area contributed by atoms with E-state index in [4.69, 9.17) is 0 Å². The molecule has 2 rings (SSSR count). The van der Waals surface area contributed by atoms with E-state index < -0.39 is 0 Å². The van der Waals surface area contributed by atoms with Crippen LogP contribution < -0.4 is 5.32 Å². The van der Waals surface area contributed by atoms with E-state index >= 15 is 0 Å². The second-order valence-corrected chi connectivity index (χ2v) is 2.93. The van der Waals surface area contributed by atoms with Crippen LogP contribution in [0.25, 0.3) is 0 Å². The number of Topliss-reactive ketones (excluding diaryl/α,β-unsaturated/α-hetero) is 1. The van der Waals surface area contributed by atoms with Crippen molar-refractivity contribution in [1.29, 1.82) is 0 Å². The molecule has 0 radical (unpaired) electrons. The number of nitrogens with one attached hydrogen (secondary N) is 1. The fraction of sp³-hybridized carbons (Fsp3) is 0.333. The number of carbonyl (C=O) groups is 2. The lowest BCUT2D eigenvalue weighted by atomic mass is 10.1. The molecular formula is C9H9NO2. The van der Waals surface area contributed by atoms with Gasteiger partial charge in [0.2, 0.25) is 5.91 Å². The monoisotopic (exact) mass is 163 g/mol. The molecule has 12 heavy (non-hydrogen) atoms. The maximum atomic E-state index is 11.3. The summed E-state index contributed by atoms with van der Waals surface area (Å²) in [4.78, 5) is 22.6. The lowest BCUT2D eigenvalue weighted by Gasteiger charge is -1.99. The molecule has 3 heteroatoms. The van der Waals surface area contributed by atoms with Gasteiger partial charge in [-0.05, 0) is 6.42 Å². The first kappa shape index (κ1) is 7.28. The van der Waals surface area contributed by atoms with Gasteiger partial charge < -0.3 is 5.32 Å². The van der Waals surface area contributed by atoms with Crippen LogP contribution in [-0.4, -0.2) is 18.2 Å². The fourth-order valence-corrected chi connectivity index (χ4v) is 1.51. The second-order valence-electron chi connectivity index (χ2n) is 2.93. The Hall–Kier alpha value is -1.38. The fourth-order valence-electron chi connectivity index (χ4n) is 1.51. The van der Waals surface area contributed by atoms with E-state index in [0.717, 1.165) is 0 Å². The average Bonchev–Trinajstić information content (AvgIpc) is 2.47. The summed E-state index contributed by atoms with van der Waals surface area (Å²) < 4.78 is 0. The van der Waals surface area contributed by atoms with Gasteiger partial charge in [0.15, 0.2) is 5.78 Å². The maximum absolute atomic E-state index is 11.3. The van der Waals surface area contributed by atoms with E-state index in [1.165, 1.54) is 0 Å². The topological polar surface area (TPSA) is 46.2 Å². The minimum absolute atomic E-state index is 0.0806. The molecule has 0 spiro atoms. The van der Waals surface area contributed by atoms with Crippen LogP contribution in [0.2, 0.25) is 0 Å². The van der Waals surface area contributed by atoms with E-state index in [-0.39, 0.29) is 11.7 Å². The first-order valence-electron chi connectivity index (χ1n) is 4.00. The van der Waals surface area contributed by atoms with E-state index in [0.29, 0.717) is 30.5 Å². The lowest BCUT2D eigenvalue weighted by Crippen LogP contribution is -2.24. The zero-order valence-corrected chi connectivity index (χ0v) is 6.59. The van der Waals surface area contributed by atoms with Gasteiger partial charge in [-0.15, -0.1) is 0 Å². The van der Waals surface area contributed by atoms with Crippen molar-refractivity contribution in [2.24, 2.45) is 0 Å². The van der Waals surface area contributed by atoms with Crippen LogP contribution in [0.1, 0.15) is 12.8 Å². The van der Waals surface area contributed by atoms with Crippen LogP contribution in [0.4, 0.5) is 0 Å². The molecule has 1 N–H and O–H groups in total. The zero-order valence-electron chi connectivity index (χ0n) is 6.59. The lowest BCUT2D eigenvalue weighted by molar-refractivity contribution is -0.117. The summed E-state index contributed by atoms with van der Waals surface area (Å²) >= 11 is 0. The van der Waals surface area contributed by atoms with Gasteiger partial charge in [-0.25, -0.2) is 0 Å². The highest BCUT2D eigenvalue weighted by molar-refractivity contribution is 6.10. The van der Waals surface area contributed by atoms with Crippen molar-refractivity contribution < 1.29 is 9.59 Å². The van der Waals surface area contributed by atoms with Gasteiger partial charge in [0, 0.05) is 24.1 Å². The predicted molar refractivity (Wildman–Crippen MR) is 43.4 cm³/mol. The molecule has 0 bridgehead atoms. The summed E-state index contributed by atoms with van der Waals surface area (Å²) in [6.45, 7) is 0.471. The Labute approximate surface area is 70.1 Å². The molecule has 0 aromatic carbocycles. The minimum atomic E-state index is -0.0825. The van der Waals surface area contributed by atoms with Crippen LogP contribution in [0.5, 0.6) is 0 Å². The molecule has 3 nitrogen and oxygen atoms in total. The Bertz CT molecular complexity index is 312. The molecule has 62 valence electrons. The van der Waals surface area contributed by atoms with Crippen LogP contribution in [0.3, 0.4) is 0 Å². The molecule has 1 aliphatic carbocycles. The summed E-state index contributed by atoms with van der Waals surface area (Å²) in [6.07, 6.45) is 4.64. The number of rotatable bonds is 0. The first-order valence-corrected chi connectivity index (χ1v) is 4.00. The van der Waals surface area contributed by atoms with Crippen LogP contribution >= 0.6 is 0 Å². The van der Waals surface area contributed by atoms with Gasteiger partial charge in [0.1, 0.15) is 0 Å². The van der Waals surface area contributed by atoms with E-state index in [1.54, 1.807) is 6.08 Å². The normalized spacial score (nSPS) is 22.3. The Morgan fingerprint density at radius 3 is 3.00 bits per heavy atom. The molecule has 0 atom stereocenters. The first-order chi connectivity index (χ1) is 5.79. The predicted octanol–water partition coefficient (Wildman–Crippen LogP) is 0.332. The van der Waals surface area contributed by atoms with Gasteiger partial charge in [-0.1, -0.05) is 12.2 Å². The van der Waals surface area contributed by atoms with Gasteiger partial charge in [-0.2, -0.15) is 0 Å². The molecule has 1 aliphatic heterocycles. The van der Waals surface area contributed by atoms with Crippen LogP contribution in [0.15, 0.2) is 23.3 Å². The molecule has 0 fully saturated rings. The maximum Gasteiger partial charge on any atom is 0.248 e. The summed E-state index contributed by atoms with van der Waals surface area (Å²) in [7, 11) is 0. The summed E-state index contributed by atoms with van der Waals surface area (Å²) in [5.74, 6) is -0.00190. The summed E-state index contributed by atoms with van der Waals surface area (Å²) in [5, 5.41) is 2.69. The van der Waals surface area contributed by atoms with Gasteiger partial charge >= 0.3 is 0 Å². The quantitative estimate of drug-likeness (QED) is 0.559. The van der Waals surface area contributed by atoms with Crippen molar-refractivity contribution in [3.63, 3.8) is 0 Å². The highest BCUT2D eigenvalue weighted by Crippen LogP contribution is 2.22. The SMILES string of the molecule is O=C1CCNC(=O)C2=C1C=CC2. The van der Waals surface area contributed by atoms with Crippen LogP contribution in [0, 0.1) is 0 Å². The third-order valence-corrected chi connectivity index (χ3v) is 2.14. The minimum Gasteiger partial charge on any atom is -0.352 e. The van der Waals surface area contributed by atoms with Gasteiger partial charge in [0.05, 0.1) is 0 Å². The number of allylic oxidation sites excluding steroid dienone is 3. The van der Waals surface area contributed by atoms with Crippen molar-refractivity contribution >= 4 is 11.7 Å². The third-order valence-electron chi connectivity index (χ3n) is 2.14. The smallest absolute Gasteiger partial charge is 0.248 e. The molecule has 2 aliphatic rings. The number of carbonyl (C=O) groups excluding carboxylic acids is 2. The molecule has 1 heterocycles. The Kier molecular flexibility index (Phi) is 1.57. The van der Waals surface area contributed by atoms with Crippen LogP contribution in [-0.2, 0) is 9.59 Å². The average molecular weight is 163 g/mol. The number of ketones is 1. The van der Waals surface area contributed by atoms with E-state index in [9.17, 15) is 9.59 Å². The molecule has 0 aromatic heterocycles. The molecule has 0 saturated heterocycles. The molecule has 0 aromatic rings. The number of hydrogen-bond acceptors (Lipinski definition) is 2. The van der Waals surface area contributed by atoms with Crippen molar-refractivity contribution in [3.8, 4) is 0 Å². The largest absolute Gasteiger partial charge is 0.352 e. The van der Waals surface area contributed by atoms with Crippen molar-refractivity contribution in [2.75, 3.05) is 6.54 Å². The molecule has 0 unspecified atom stereocenters. The standard InChI is InChI=1S/C9H9NO2/c11-8-4-5-10-9(12)7-3-1-2-6(7)8/h1-2H,3-5H2,(H,10,12). The zero-order chi connectivity index (χ0) is 8.55. The Morgan fingerprint density at radius 1 is 1.33 bits per heavy atom. The summed E-state index contributed by atoms with van der Waals surface area (Å²) in [6, 6.07) is 0. The molecule has 1 amide bonds. The third kappa shape index (κ3) is 0.978. The van der Waals surface area contributed by atoms with Gasteiger partial charge in [0.25, 0.3) is 0 Å². The van der Waals surface area contributed by atoms with Crippen molar-refractivity contribution in [1.82, 2.24) is 5.32 Å². The Balaban J connectivity index is 2.42. The molecular weight excluding hydrogens is 154 g/mol. The van der Waals surface area contributed by atoms with Crippen molar-refractivity contribution in [2.45, 2.75) is 12.8 Å². The number of hydrogen-bond donors (Lipinski definition) is 1. The van der Waals surface area contributed by atoms with E-state index in [2.05, 4.69) is 5.32 Å². The highest BCUT2D eigenvalue weighted by atomic mass is 16.2. The van der Waals surface area contributed by atoms with Gasteiger partial charge in [-0.3, -0.25) is 9.59 Å². The second kappa shape index (κ2) is 2.59. The van der Waals surface area contributed by atoms with E-state index in [1.807, 2.05) is 6.08 Å². The number of amides is 1. The highest BCUT2D eigenvalue weighted by Gasteiger charge is 2.24. The molecule has 0 saturated carbocycles. The van der Waals surface area contributed by atoms with Crippen molar-refractivity contribution in [3.05, 3.63) is 23.3 Å². The Morgan fingerprint density at radius 2 is 2.17 bits per heavy atom. The summed E-state index contributed by atoms with van der Waals surface area (Å²) in [5.41, 5.74) is 1.25.